The molecule has 0 radical (unpaired) electrons. The third kappa shape index (κ3) is 5.09. The van der Waals surface area contributed by atoms with Gasteiger partial charge in [-0.25, -0.2) is 8.42 Å². The van der Waals surface area contributed by atoms with E-state index in [0.717, 1.165) is 23.2 Å². The first-order valence-electron chi connectivity index (χ1n) is 11.0. The third-order valence-corrected chi connectivity index (χ3v) is 7.01. The van der Waals surface area contributed by atoms with E-state index < -0.39 is 9.84 Å². The minimum absolute atomic E-state index is 0.109. The first-order chi connectivity index (χ1) is 17.8. The predicted octanol–water partition coefficient (Wildman–Crippen LogP) is 4.52. The van der Waals surface area contributed by atoms with Crippen LogP contribution >= 0.6 is 11.6 Å². The van der Waals surface area contributed by atoms with Crippen LogP contribution in [0.4, 0.5) is 0 Å². The number of nitrogens with zero attached hydrogens (tertiary/aromatic N) is 7. The zero-order chi connectivity index (χ0) is 26.0. The maximum atomic E-state index is 11.8. The topological polar surface area (TPSA) is 126 Å². The van der Waals surface area contributed by atoms with Gasteiger partial charge in [-0.3, -0.25) is 9.55 Å². The largest absolute Gasteiger partial charge is 0.273 e. The Hall–Kier alpha value is -4.46. The Labute approximate surface area is 218 Å². The molecule has 0 saturated heterocycles. The predicted molar refractivity (Wildman–Crippen MR) is 141 cm³/mol. The maximum absolute atomic E-state index is 11.8. The molecule has 0 amide bonds. The monoisotopic (exact) mass is 527 g/mol. The average molecular weight is 528 g/mol. The molecule has 2 aromatic heterocycles. The molecule has 1 aliphatic rings. The quantitative estimate of drug-likeness (QED) is 0.363. The van der Waals surface area contributed by atoms with Gasteiger partial charge in [0.25, 0.3) is 0 Å². The van der Waals surface area contributed by atoms with Crippen molar-refractivity contribution < 1.29 is 8.42 Å². The molecular weight excluding hydrogens is 510 g/mol. The molecule has 11 heteroatoms. The number of sulfone groups is 1. The fraction of sp³-hybridized carbons (Fsp3) is 0.0769. The van der Waals surface area contributed by atoms with E-state index >= 15 is 0 Å². The second-order valence-corrected chi connectivity index (χ2v) is 10.6. The fourth-order valence-electron chi connectivity index (χ4n) is 3.70. The van der Waals surface area contributed by atoms with Crippen molar-refractivity contribution in [3.63, 3.8) is 0 Å². The minimum atomic E-state index is -3.39. The van der Waals surface area contributed by atoms with E-state index in [1.807, 2.05) is 36.4 Å². The maximum Gasteiger partial charge on any atom is 0.187 e. The lowest BCUT2D eigenvalue weighted by Crippen LogP contribution is -2.04. The molecule has 0 aliphatic carbocycles. The lowest BCUT2D eigenvalue weighted by molar-refractivity contribution is 0.601. The molecule has 3 heterocycles. The summed E-state index contributed by atoms with van der Waals surface area (Å²) in [5.41, 5.74) is 4.08. The standard InChI is InChI=1S/C26H18ClN7O2S/c1-37(35,36)20-11-12-22(29-16-20)26-33-32-25(34(26)24-5-3-2-4-21(24)27)13-10-19-14-23(31-30-19)18-8-6-17(15-28)7-9-18/h2-13,16H,14H2,1H3/b13-10+. The first kappa shape index (κ1) is 24.2. The van der Waals surface area contributed by atoms with E-state index in [1.54, 1.807) is 34.9 Å². The van der Waals surface area contributed by atoms with Crippen LogP contribution in [0.5, 0.6) is 0 Å². The van der Waals surface area contributed by atoms with Crippen molar-refractivity contribution in [2.24, 2.45) is 10.2 Å². The summed E-state index contributed by atoms with van der Waals surface area (Å²) in [4.78, 5) is 4.41. The highest BCUT2D eigenvalue weighted by molar-refractivity contribution is 7.90. The van der Waals surface area contributed by atoms with Crippen LogP contribution in [-0.2, 0) is 9.84 Å². The summed E-state index contributed by atoms with van der Waals surface area (Å²) < 4.78 is 25.4. The number of allylic oxidation sites excluding steroid dienone is 1. The van der Waals surface area contributed by atoms with Crippen LogP contribution in [0.3, 0.4) is 0 Å². The lowest BCUT2D eigenvalue weighted by Gasteiger charge is -2.10. The van der Waals surface area contributed by atoms with E-state index in [4.69, 9.17) is 16.9 Å². The Bertz CT molecular complexity index is 1730. The molecule has 5 rings (SSSR count). The van der Waals surface area contributed by atoms with Gasteiger partial charge >= 0.3 is 0 Å². The summed E-state index contributed by atoms with van der Waals surface area (Å²) in [6, 6.07) is 19.6. The average Bonchev–Trinajstić information content (AvgIpc) is 3.55. The molecule has 0 saturated carbocycles. The molecule has 1 aliphatic heterocycles. The normalized spacial score (nSPS) is 13.4. The van der Waals surface area contributed by atoms with Crippen LogP contribution in [0.15, 0.2) is 88.0 Å². The smallest absolute Gasteiger partial charge is 0.187 e. The Morgan fingerprint density at radius 1 is 1.00 bits per heavy atom. The van der Waals surface area contributed by atoms with Gasteiger partial charge in [0.05, 0.1) is 38.7 Å². The van der Waals surface area contributed by atoms with Gasteiger partial charge in [-0.05, 0) is 54.1 Å². The number of nitriles is 1. The molecule has 4 aromatic rings. The number of benzene rings is 2. The van der Waals surface area contributed by atoms with Crippen LogP contribution < -0.4 is 0 Å². The molecule has 0 atom stereocenters. The summed E-state index contributed by atoms with van der Waals surface area (Å²) >= 11 is 6.51. The van der Waals surface area contributed by atoms with Crippen molar-refractivity contribution in [1.29, 1.82) is 5.26 Å². The second kappa shape index (κ2) is 9.89. The number of hydrogen-bond acceptors (Lipinski definition) is 8. The molecule has 182 valence electrons. The summed E-state index contributed by atoms with van der Waals surface area (Å²) in [5, 5.41) is 26.7. The molecule has 0 fully saturated rings. The highest BCUT2D eigenvalue weighted by Crippen LogP contribution is 2.28. The molecule has 0 bridgehead atoms. The number of para-hydroxylation sites is 1. The van der Waals surface area contributed by atoms with Crippen molar-refractivity contribution in [3.8, 4) is 23.3 Å². The van der Waals surface area contributed by atoms with Gasteiger partial charge in [0, 0.05) is 18.9 Å². The second-order valence-electron chi connectivity index (χ2n) is 8.16. The van der Waals surface area contributed by atoms with Crippen LogP contribution in [-0.4, -0.2) is 45.8 Å². The fourth-order valence-corrected chi connectivity index (χ4v) is 4.48. The van der Waals surface area contributed by atoms with Crippen molar-refractivity contribution >= 4 is 38.9 Å². The van der Waals surface area contributed by atoms with Crippen LogP contribution in [0.1, 0.15) is 23.4 Å². The molecule has 37 heavy (non-hydrogen) atoms. The van der Waals surface area contributed by atoms with Crippen molar-refractivity contribution in [1.82, 2.24) is 19.7 Å². The highest BCUT2D eigenvalue weighted by atomic mass is 35.5. The summed E-state index contributed by atoms with van der Waals surface area (Å²) in [6.45, 7) is 0. The number of hydrogen-bond donors (Lipinski definition) is 0. The van der Waals surface area contributed by atoms with Gasteiger partial charge < -0.3 is 0 Å². The van der Waals surface area contributed by atoms with Gasteiger partial charge in [-0.15, -0.1) is 10.2 Å². The van der Waals surface area contributed by atoms with Gasteiger partial charge in [0.1, 0.15) is 5.69 Å². The van der Waals surface area contributed by atoms with Gasteiger partial charge in [0.2, 0.25) is 0 Å². The number of aromatic nitrogens is 4. The number of pyridine rings is 1. The Morgan fingerprint density at radius 2 is 1.78 bits per heavy atom. The van der Waals surface area contributed by atoms with E-state index in [-0.39, 0.29) is 4.90 Å². The van der Waals surface area contributed by atoms with Gasteiger partial charge in [0.15, 0.2) is 21.5 Å². The SMILES string of the molecule is CS(=O)(=O)c1ccc(-c2nnc(/C=C/C3=NN=C(c4ccc(C#N)cc4)C3)n2-c2ccccc2Cl)nc1. The Morgan fingerprint density at radius 3 is 2.46 bits per heavy atom. The molecule has 0 spiro atoms. The molecule has 0 N–H and O–H groups in total. The van der Waals surface area contributed by atoms with Crippen molar-refractivity contribution in [2.45, 2.75) is 11.3 Å². The van der Waals surface area contributed by atoms with Crippen LogP contribution in [0.25, 0.3) is 23.3 Å². The molecule has 0 unspecified atom stereocenters. The van der Waals surface area contributed by atoms with Gasteiger partial charge in [-0.1, -0.05) is 35.9 Å². The van der Waals surface area contributed by atoms with E-state index in [0.29, 0.717) is 40.0 Å². The van der Waals surface area contributed by atoms with Crippen molar-refractivity contribution in [2.75, 3.05) is 6.26 Å². The molecular formula is C26H18ClN7O2S. The summed E-state index contributed by atoms with van der Waals surface area (Å²) in [6.07, 6.45) is 6.51. The minimum Gasteiger partial charge on any atom is -0.273 e. The number of rotatable bonds is 6. The summed E-state index contributed by atoms with van der Waals surface area (Å²) in [5.74, 6) is 0.877. The highest BCUT2D eigenvalue weighted by Gasteiger charge is 2.19. The van der Waals surface area contributed by atoms with Gasteiger partial charge in [-0.2, -0.15) is 15.5 Å². The van der Waals surface area contributed by atoms with E-state index in [9.17, 15) is 8.42 Å². The lowest BCUT2D eigenvalue weighted by atomic mass is 10.0. The Kier molecular flexibility index (Phi) is 6.48. The van der Waals surface area contributed by atoms with Crippen LogP contribution in [0.2, 0.25) is 5.02 Å². The first-order valence-corrected chi connectivity index (χ1v) is 13.3. The van der Waals surface area contributed by atoms with E-state index in [2.05, 4.69) is 31.5 Å². The molecule has 9 nitrogen and oxygen atoms in total. The third-order valence-electron chi connectivity index (χ3n) is 5.59. The zero-order valence-electron chi connectivity index (χ0n) is 19.4. The molecule has 2 aromatic carbocycles. The number of halogens is 1. The van der Waals surface area contributed by atoms with E-state index in [1.165, 1.54) is 12.3 Å². The zero-order valence-corrected chi connectivity index (χ0v) is 21.0. The van der Waals surface area contributed by atoms with Crippen LogP contribution in [0, 0.1) is 11.3 Å². The van der Waals surface area contributed by atoms with Crippen molar-refractivity contribution in [3.05, 3.63) is 94.9 Å². The summed E-state index contributed by atoms with van der Waals surface area (Å²) in [7, 11) is -3.39. The Balaban J connectivity index is 1.46.